The summed E-state index contributed by atoms with van der Waals surface area (Å²) in [5, 5.41) is 4.69. The predicted molar refractivity (Wildman–Crippen MR) is 73.1 cm³/mol. The molecule has 0 aromatic heterocycles. The van der Waals surface area contributed by atoms with Gasteiger partial charge in [-0.25, -0.2) is 0 Å². The number of thioether (sulfide) groups is 1. The second-order valence-corrected chi connectivity index (χ2v) is 7.12. The van der Waals surface area contributed by atoms with Crippen LogP contribution in [0.15, 0.2) is 4.99 Å². The molecule has 0 aromatic rings. The number of hydrogen-bond acceptors (Lipinski definition) is 2. The third-order valence-corrected chi connectivity index (χ3v) is 5.23. The highest BCUT2D eigenvalue weighted by Gasteiger charge is 2.29. The maximum absolute atomic E-state index is 4.88. The topological polar surface area (TPSA) is 24.4 Å². The highest BCUT2D eigenvalue weighted by molar-refractivity contribution is 8.14. The lowest BCUT2D eigenvalue weighted by molar-refractivity contribution is 0.252. The molecule has 1 aliphatic carbocycles. The van der Waals surface area contributed by atoms with Crippen LogP contribution in [0.2, 0.25) is 0 Å². The van der Waals surface area contributed by atoms with E-state index in [-0.39, 0.29) is 5.54 Å². The number of rotatable bonds is 1. The van der Waals surface area contributed by atoms with E-state index in [0.717, 1.165) is 17.6 Å². The van der Waals surface area contributed by atoms with Crippen molar-refractivity contribution >= 4 is 16.9 Å². The summed E-state index contributed by atoms with van der Waals surface area (Å²) >= 11 is 1.88. The van der Waals surface area contributed by atoms with E-state index in [2.05, 4.69) is 33.0 Å². The van der Waals surface area contributed by atoms with E-state index in [4.69, 9.17) is 4.99 Å². The first-order valence-electron chi connectivity index (χ1n) is 6.45. The molecule has 2 fully saturated rings. The van der Waals surface area contributed by atoms with Crippen LogP contribution >= 0.6 is 11.8 Å². The Morgan fingerprint density at radius 2 is 2.00 bits per heavy atom. The fraction of sp³-hybridized carbons (Fsp3) is 0.923. The number of hydrogen-bond donors (Lipinski definition) is 1. The van der Waals surface area contributed by atoms with Crippen molar-refractivity contribution in [1.82, 2.24) is 5.32 Å². The molecule has 2 aliphatic rings. The van der Waals surface area contributed by atoms with Crippen LogP contribution in [-0.2, 0) is 0 Å². The number of aliphatic imine (C=N–C) groups is 1. The Morgan fingerprint density at radius 1 is 1.25 bits per heavy atom. The predicted octanol–water partition coefficient (Wildman–Crippen LogP) is 3.28. The van der Waals surface area contributed by atoms with E-state index in [1.165, 1.54) is 24.4 Å². The summed E-state index contributed by atoms with van der Waals surface area (Å²) in [6, 6.07) is 0.565. The summed E-state index contributed by atoms with van der Waals surface area (Å²) in [5.74, 6) is 2.87. The normalized spacial score (nSPS) is 41.0. The van der Waals surface area contributed by atoms with E-state index in [0.29, 0.717) is 6.04 Å². The van der Waals surface area contributed by atoms with Gasteiger partial charge >= 0.3 is 0 Å². The Kier molecular flexibility index (Phi) is 3.53. The Labute approximate surface area is 104 Å². The summed E-state index contributed by atoms with van der Waals surface area (Å²) in [7, 11) is 0. The second kappa shape index (κ2) is 4.59. The summed E-state index contributed by atoms with van der Waals surface area (Å²) < 4.78 is 0. The second-order valence-electron chi connectivity index (χ2n) is 6.15. The van der Waals surface area contributed by atoms with Crippen LogP contribution in [0.4, 0.5) is 0 Å². The van der Waals surface area contributed by atoms with Crippen LogP contribution in [0, 0.1) is 11.8 Å². The molecule has 1 heterocycles. The molecule has 0 aromatic carbocycles. The van der Waals surface area contributed by atoms with E-state index in [9.17, 15) is 0 Å². The average molecular weight is 240 g/mol. The van der Waals surface area contributed by atoms with Crippen LogP contribution < -0.4 is 5.32 Å². The molecule has 1 aliphatic heterocycles. The van der Waals surface area contributed by atoms with Gasteiger partial charge < -0.3 is 5.32 Å². The van der Waals surface area contributed by atoms with Crippen molar-refractivity contribution in [3.8, 4) is 0 Å². The molecule has 2 nitrogen and oxygen atoms in total. The lowest BCUT2D eigenvalue weighted by atomic mass is 9.79. The molecule has 3 atom stereocenters. The minimum Gasteiger partial charge on any atom is -0.359 e. The minimum atomic E-state index is 0.233. The van der Waals surface area contributed by atoms with Crippen molar-refractivity contribution in [2.45, 2.75) is 58.5 Å². The molecule has 1 saturated carbocycles. The van der Waals surface area contributed by atoms with Gasteiger partial charge in [0.25, 0.3) is 0 Å². The Hall–Kier alpha value is -0.180. The van der Waals surface area contributed by atoms with Gasteiger partial charge in [-0.2, -0.15) is 0 Å². The van der Waals surface area contributed by atoms with Gasteiger partial charge in [-0.05, 0) is 44.9 Å². The molecule has 0 amide bonds. The van der Waals surface area contributed by atoms with Gasteiger partial charge in [0, 0.05) is 11.3 Å². The highest BCUT2D eigenvalue weighted by atomic mass is 32.2. The molecule has 1 saturated heterocycles. The van der Waals surface area contributed by atoms with Crippen molar-refractivity contribution in [3.63, 3.8) is 0 Å². The van der Waals surface area contributed by atoms with Crippen LogP contribution in [0.5, 0.6) is 0 Å². The molecule has 92 valence electrons. The molecule has 1 N–H and O–H groups in total. The van der Waals surface area contributed by atoms with Crippen LogP contribution in [0.25, 0.3) is 0 Å². The summed E-state index contributed by atoms with van der Waals surface area (Å²) in [6.45, 7) is 9.23. The van der Waals surface area contributed by atoms with Gasteiger partial charge in [0.1, 0.15) is 0 Å². The van der Waals surface area contributed by atoms with E-state index in [1.54, 1.807) is 0 Å². The summed E-state index contributed by atoms with van der Waals surface area (Å²) in [5.41, 5.74) is 0.233. The van der Waals surface area contributed by atoms with Crippen LogP contribution in [0.1, 0.15) is 47.0 Å². The molecular weight excluding hydrogens is 216 g/mol. The van der Waals surface area contributed by atoms with Gasteiger partial charge in [0.2, 0.25) is 0 Å². The average Bonchev–Trinajstić information content (AvgIpc) is 2.52. The zero-order valence-electron chi connectivity index (χ0n) is 10.9. The number of nitrogens with zero attached hydrogens (tertiary/aromatic N) is 1. The molecule has 2 rings (SSSR count). The Bertz CT molecular complexity index is 286. The van der Waals surface area contributed by atoms with Crippen LogP contribution in [0.3, 0.4) is 0 Å². The maximum atomic E-state index is 4.88. The number of amidine groups is 1. The zero-order valence-corrected chi connectivity index (χ0v) is 11.7. The first-order chi connectivity index (χ1) is 7.46. The van der Waals surface area contributed by atoms with Crippen molar-refractivity contribution in [1.29, 1.82) is 0 Å². The van der Waals surface area contributed by atoms with Gasteiger partial charge in [-0.3, -0.25) is 4.99 Å². The lowest BCUT2D eigenvalue weighted by Gasteiger charge is -2.30. The largest absolute Gasteiger partial charge is 0.359 e. The summed E-state index contributed by atoms with van der Waals surface area (Å²) in [4.78, 5) is 4.88. The Morgan fingerprint density at radius 3 is 2.56 bits per heavy atom. The molecule has 0 radical (unpaired) electrons. The highest BCUT2D eigenvalue weighted by Crippen LogP contribution is 2.32. The first-order valence-corrected chi connectivity index (χ1v) is 7.43. The van der Waals surface area contributed by atoms with Crippen LogP contribution in [-0.4, -0.2) is 22.5 Å². The van der Waals surface area contributed by atoms with Crippen molar-refractivity contribution < 1.29 is 0 Å². The molecular formula is C13H24N2S. The fourth-order valence-corrected chi connectivity index (χ4v) is 3.62. The lowest BCUT2D eigenvalue weighted by Crippen LogP contribution is -2.37. The number of nitrogens with one attached hydrogen (secondary N) is 1. The molecule has 0 bridgehead atoms. The zero-order chi connectivity index (χ0) is 11.8. The first kappa shape index (κ1) is 12.3. The van der Waals surface area contributed by atoms with Gasteiger partial charge in [-0.1, -0.05) is 25.6 Å². The minimum absolute atomic E-state index is 0.233. The van der Waals surface area contributed by atoms with Gasteiger partial charge in [-0.15, -0.1) is 0 Å². The molecule has 3 heteroatoms. The fourth-order valence-electron chi connectivity index (χ4n) is 2.48. The SMILES string of the molecule is CC1CCC(N=C2NC(C)(C)CS2)CC1C. The standard InChI is InChI=1S/C13H24N2S/c1-9-5-6-11(7-10(9)2)14-12-15-13(3,4)8-16-12/h9-11H,5-8H2,1-4H3,(H,14,15). The Balaban J connectivity index is 1.93. The monoisotopic (exact) mass is 240 g/mol. The molecule has 3 unspecified atom stereocenters. The van der Waals surface area contributed by atoms with E-state index < -0.39 is 0 Å². The third-order valence-electron chi connectivity index (χ3n) is 3.89. The van der Waals surface area contributed by atoms with Crippen molar-refractivity contribution in [2.75, 3.05) is 5.75 Å². The van der Waals surface area contributed by atoms with Crippen molar-refractivity contribution in [3.05, 3.63) is 0 Å². The maximum Gasteiger partial charge on any atom is 0.157 e. The smallest absolute Gasteiger partial charge is 0.157 e. The molecule has 16 heavy (non-hydrogen) atoms. The van der Waals surface area contributed by atoms with E-state index in [1.807, 2.05) is 11.8 Å². The van der Waals surface area contributed by atoms with Gasteiger partial charge in [0.05, 0.1) is 6.04 Å². The van der Waals surface area contributed by atoms with Gasteiger partial charge in [0.15, 0.2) is 5.17 Å². The quantitative estimate of drug-likeness (QED) is 0.760. The third kappa shape index (κ3) is 2.93. The molecule has 0 spiro atoms. The van der Waals surface area contributed by atoms with E-state index >= 15 is 0 Å². The summed E-state index contributed by atoms with van der Waals surface area (Å²) in [6.07, 6.45) is 3.89. The van der Waals surface area contributed by atoms with Crippen molar-refractivity contribution in [2.24, 2.45) is 16.8 Å².